The number of aliphatic hydroxyl groups is 1. The molecule has 7 nitrogen and oxygen atoms in total. The number of H-pyrrole nitrogens is 1. The number of aliphatic hydroxyl groups excluding tert-OH is 1. The number of hydrogen-bond donors (Lipinski definition) is 4. The summed E-state index contributed by atoms with van der Waals surface area (Å²) in [6, 6.07) is 18.4. The average molecular weight is 447 g/mol. The summed E-state index contributed by atoms with van der Waals surface area (Å²) >= 11 is 1.69. The van der Waals surface area contributed by atoms with Crippen LogP contribution in [0.3, 0.4) is 0 Å². The Morgan fingerprint density at radius 2 is 1.78 bits per heavy atom. The fraction of sp³-hybridized carbons (Fsp3) is 0.250. The summed E-state index contributed by atoms with van der Waals surface area (Å²) in [7, 11) is 0. The number of para-hydroxylation sites is 1. The van der Waals surface area contributed by atoms with Crippen molar-refractivity contribution >= 4 is 51.6 Å². The zero-order valence-electron chi connectivity index (χ0n) is 17.9. The molecule has 0 spiro atoms. The summed E-state index contributed by atoms with van der Waals surface area (Å²) in [4.78, 5) is 16.1. The fourth-order valence-electron chi connectivity index (χ4n) is 3.98. The number of anilines is 5. The van der Waals surface area contributed by atoms with Crippen molar-refractivity contribution in [3.05, 3.63) is 60.8 Å². The van der Waals surface area contributed by atoms with Crippen LogP contribution < -0.4 is 15.5 Å². The second kappa shape index (κ2) is 9.10. The maximum Gasteiger partial charge on any atom is 0.229 e. The first kappa shape index (κ1) is 20.7. The Kier molecular flexibility index (Phi) is 5.87. The Hall–Kier alpha value is -3.23. The number of aromatic amines is 1. The van der Waals surface area contributed by atoms with E-state index in [1.807, 2.05) is 42.6 Å². The molecule has 8 heteroatoms. The van der Waals surface area contributed by atoms with E-state index in [9.17, 15) is 5.11 Å². The zero-order chi connectivity index (χ0) is 21.9. The van der Waals surface area contributed by atoms with Crippen molar-refractivity contribution in [3.8, 4) is 0 Å². The molecular formula is C24H26N6OS. The van der Waals surface area contributed by atoms with Crippen molar-refractivity contribution in [3.63, 3.8) is 0 Å². The molecule has 0 saturated carbocycles. The molecule has 0 amide bonds. The highest BCUT2D eigenvalue weighted by molar-refractivity contribution is 7.98. The minimum absolute atomic E-state index is 0.168. The number of hydrogen-bond acceptors (Lipinski definition) is 7. The lowest BCUT2D eigenvalue weighted by molar-refractivity contribution is 0.145. The van der Waals surface area contributed by atoms with Crippen LogP contribution in [0.4, 0.5) is 28.8 Å². The smallest absolute Gasteiger partial charge is 0.229 e. The second-order valence-corrected chi connectivity index (χ2v) is 8.70. The molecule has 3 heterocycles. The highest BCUT2D eigenvalue weighted by atomic mass is 32.2. The van der Waals surface area contributed by atoms with Crippen molar-refractivity contribution in [2.75, 3.05) is 34.9 Å². The van der Waals surface area contributed by atoms with E-state index in [4.69, 9.17) is 4.98 Å². The summed E-state index contributed by atoms with van der Waals surface area (Å²) in [6.45, 7) is 1.77. The van der Waals surface area contributed by atoms with Gasteiger partial charge in [0.15, 0.2) is 5.82 Å². The van der Waals surface area contributed by atoms with Crippen LogP contribution in [0.2, 0.25) is 0 Å². The highest BCUT2D eigenvalue weighted by Crippen LogP contribution is 2.31. The number of aromatic nitrogens is 3. The minimum Gasteiger partial charge on any atom is -0.393 e. The Bertz CT molecular complexity index is 1200. The first-order valence-corrected chi connectivity index (χ1v) is 12.0. The molecule has 1 saturated heterocycles. The van der Waals surface area contributed by atoms with E-state index in [2.05, 4.69) is 50.0 Å². The highest BCUT2D eigenvalue weighted by Gasteiger charge is 2.17. The van der Waals surface area contributed by atoms with Gasteiger partial charge in [0.05, 0.1) is 17.3 Å². The minimum atomic E-state index is -0.168. The molecule has 1 fully saturated rings. The molecule has 1 aliphatic heterocycles. The summed E-state index contributed by atoms with van der Waals surface area (Å²) in [5, 5.41) is 16.5. The molecule has 0 bridgehead atoms. The zero-order valence-corrected chi connectivity index (χ0v) is 18.7. The number of nitrogens with one attached hydrogen (secondary N) is 3. The number of nitrogens with zero attached hydrogens (tertiary/aromatic N) is 3. The van der Waals surface area contributed by atoms with Gasteiger partial charge in [-0.1, -0.05) is 12.1 Å². The molecular weight excluding hydrogens is 420 g/mol. The van der Waals surface area contributed by atoms with Gasteiger partial charge < -0.3 is 25.6 Å². The van der Waals surface area contributed by atoms with E-state index in [-0.39, 0.29) is 6.10 Å². The third kappa shape index (κ3) is 4.37. The van der Waals surface area contributed by atoms with Gasteiger partial charge in [-0.3, -0.25) is 0 Å². The van der Waals surface area contributed by atoms with Gasteiger partial charge in [-0.2, -0.15) is 4.98 Å². The summed E-state index contributed by atoms with van der Waals surface area (Å²) < 4.78 is 0. The lowest BCUT2D eigenvalue weighted by Gasteiger charge is -2.31. The van der Waals surface area contributed by atoms with Crippen LogP contribution in [0.1, 0.15) is 12.8 Å². The van der Waals surface area contributed by atoms with Crippen molar-refractivity contribution in [1.82, 2.24) is 15.0 Å². The van der Waals surface area contributed by atoms with Gasteiger partial charge in [0.2, 0.25) is 5.95 Å². The molecule has 0 atom stereocenters. The maximum atomic E-state index is 9.73. The molecule has 0 aliphatic carbocycles. The summed E-state index contributed by atoms with van der Waals surface area (Å²) in [6.07, 6.45) is 5.41. The van der Waals surface area contributed by atoms with Crippen LogP contribution in [-0.2, 0) is 0 Å². The van der Waals surface area contributed by atoms with Gasteiger partial charge in [-0.25, -0.2) is 4.98 Å². The summed E-state index contributed by atoms with van der Waals surface area (Å²) in [5.41, 5.74) is 4.82. The van der Waals surface area contributed by atoms with Gasteiger partial charge in [-0.15, -0.1) is 11.8 Å². The van der Waals surface area contributed by atoms with Crippen molar-refractivity contribution in [2.45, 2.75) is 23.8 Å². The molecule has 2 aromatic heterocycles. The van der Waals surface area contributed by atoms with Crippen LogP contribution in [0, 0.1) is 0 Å². The largest absolute Gasteiger partial charge is 0.393 e. The fourth-order valence-corrected chi connectivity index (χ4v) is 4.53. The van der Waals surface area contributed by atoms with Crippen LogP contribution in [0.25, 0.3) is 11.0 Å². The van der Waals surface area contributed by atoms with Gasteiger partial charge in [-0.05, 0) is 61.6 Å². The lowest BCUT2D eigenvalue weighted by atomic mass is 10.1. The second-order valence-electron chi connectivity index (χ2n) is 7.85. The topological polar surface area (TPSA) is 89.1 Å². The number of thioether (sulfide) groups is 1. The van der Waals surface area contributed by atoms with E-state index < -0.39 is 0 Å². The first-order chi connectivity index (χ1) is 15.7. The monoisotopic (exact) mass is 446 g/mol. The van der Waals surface area contributed by atoms with Gasteiger partial charge in [0.1, 0.15) is 5.52 Å². The van der Waals surface area contributed by atoms with Crippen LogP contribution in [-0.4, -0.2) is 45.5 Å². The molecule has 0 unspecified atom stereocenters. The normalized spacial score (nSPS) is 14.6. The third-order valence-electron chi connectivity index (χ3n) is 5.72. The third-order valence-corrected chi connectivity index (χ3v) is 6.51. The van der Waals surface area contributed by atoms with Crippen LogP contribution in [0.15, 0.2) is 65.7 Å². The van der Waals surface area contributed by atoms with E-state index >= 15 is 0 Å². The lowest BCUT2D eigenvalue weighted by Crippen LogP contribution is -2.35. The first-order valence-electron chi connectivity index (χ1n) is 10.7. The molecule has 32 heavy (non-hydrogen) atoms. The maximum absolute atomic E-state index is 9.73. The number of benzene rings is 2. The van der Waals surface area contributed by atoms with Gasteiger partial charge in [0.25, 0.3) is 0 Å². The SMILES string of the molecule is CSc1ccccc1Nc1nc(Nc2ccc(N3CCC(O)CC3)cc2)nc2cc[nH]c12. The average Bonchev–Trinajstić information content (AvgIpc) is 3.30. The number of rotatable bonds is 6. The molecule has 0 radical (unpaired) electrons. The Balaban J connectivity index is 1.38. The Morgan fingerprint density at radius 1 is 1.00 bits per heavy atom. The van der Waals surface area contributed by atoms with E-state index in [1.165, 1.54) is 5.69 Å². The molecule has 164 valence electrons. The van der Waals surface area contributed by atoms with Crippen molar-refractivity contribution < 1.29 is 5.11 Å². The molecule has 4 N–H and O–H groups in total. The van der Waals surface area contributed by atoms with E-state index in [0.717, 1.165) is 59.1 Å². The standard InChI is InChI=1S/C24H26N6OS/c1-32-21-5-3-2-4-19(21)27-23-22-20(10-13-25-22)28-24(29-23)26-16-6-8-17(9-7-16)30-14-11-18(31)12-15-30/h2-10,13,18,25,31H,11-12,14-15H2,1H3,(H2,26,27,28,29). The Labute approximate surface area is 191 Å². The number of piperidine rings is 1. The Morgan fingerprint density at radius 3 is 2.56 bits per heavy atom. The predicted octanol–water partition coefficient (Wildman–Crippen LogP) is 5.13. The van der Waals surface area contributed by atoms with Crippen molar-refractivity contribution in [1.29, 1.82) is 0 Å². The number of fused-ring (bicyclic) bond motifs is 1. The summed E-state index contributed by atoms with van der Waals surface area (Å²) in [5.74, 6) is 1.27. The quantitative estimate of drug-likeness (QED) is 0.305. The van der Waals surface area contributed by atoms with Crippen LogP contribution in [0.5, 0.6) is 0 Å². The molecule has 4 aromatic rings. The predicted molar refractivity (Wildman–Crippen MR) is 133 cm³/mol. The van der Waals surface area contributed by atoms with E-state index in [0.29, 0.717) is 5.95 Å². The molecule has 2 aromatic carbocycles. The van der Waals surface area contributed by atoms with Gasteiger partial charge >= 0.3 is 0 Å². The molecule has 5 rings (SSSR count). The molecule has 1 aliphatic rings. The van der Waals surface area contributed by atoms with Crippen molar-refractivity contribution in [2.24, 2.45) is 0 Å². The van der Waals surface area contributed by atoms with Gasteiger partial charge in [0, 0.05) is 35.6 Å². The van der Waals surface area contributed by atoms with E-state index in [1.54, 1.807) is 11.8 Å². The van der Waals surface area contributed by atoms with Crippen LogP contribution >= 0.6 is 11.8 Å².